The topological polar surface area (TPSA) is 55.1 Å². The summed E-state index contributed by atoms with van der Waals surface area (Å²) in [6, 6.07) is 8.25. The molecular weight excluding hydrogens is 264 g/mol. The minimum absolute atomic E-state index is 0.220. The zero-order chi connectivity index (χ0) is 15.0. The second-order valence-electron chi connectivity index (χ2n) is 5.94. The van der Waals surface area contributed by atoms with E-state index in [0.29, 0.717) is 5.92 Å². The second-order valence-corrected chi connectivity index (χ2v) is 5.94. The minimum atomic E-state index is -0.925. The van der Waals surface area contributed by atoms with E-state index in [4.69, 9.17) is 0 Å². The maximum absolute atomic E-state index is 11.4. The Morgan fingerprint density at radius 1 is 1.19 bits per heavy atom. The number of hydrogen-bond acceptors (Lipinski definition) is 2. The maximum Gasteiger partial charge on any atom is 0.356 e. The Balaban J connectivity index is 2.07. The first-order valence-electron chi connectivity index (χ1n) is 7.52. The molecule has 0 radical (unpaired) electrons. The summed E-state index contributed by atoms with van der Waals surface area (Å²) < 4.78 is 1.82. The van der Waals surface area contributed by atoms with Gasteiger partial charge in [-0.2, -0.15) is 5.10 Å². The highest BCUT2D eigenvalue weighted by molar-refractivity contribution is 5.87. The van der Waals surface area contributed by atoms with Crippen LogP contribution in [0.5, 0.6) is 0 Å². The van der Waals surface area contributed by atoms with Gasteiger partial charge in [-0.3, -0.25) is 0 Å². The van der Waals surface area contributed by atoms with E-state index in [-0.39, 0.29) is 5.69 Å². The number of aromatic nitrogens is 2. The molecule has 1 heterocycles. The van der Waals surface area contributed by atoms with Gasteiger partial charge in [-0.1, -0.05) is 26.0 Å². The van der Waals surface area contributed by atoms with Gasteiger partial charge in [-0.05, 0) is 49.3 Å². The summed E-state index contributed by atoms with van der Waals surface area (Å²) in [7, 11) is 0. The molecule has 0 saturated heterocycles. The zero-order valence-corrected chi connectivity index (χ0v) is 12.5. The third kappa shape index (κ3) is 2.46. The average molecular weight is 284 g/mol. The number of carbonyl (C=O) groups is 1. The molecule has 0 amide bonds. The minimum Gasteiger partial charge on any atom is -0.476 e. The largest absolute Gasteiger partial charge is 0.476 e. The molecule has 0 atom stereocenters. The van der Waals surface area contributed by atoms with Crippen LogP contribution < -0.4 is 0 Å². The van der Waals surface area contributed by atoms with Gasteiger partial charge in [0.1, 0.15) is 0 Å². The fourth-order valence-electron chi connectivity index (χ4n) is 2.98. The molecule has 1 aromatic heterocycles. The van der Waals surface area contributed by atoms with E-state index in [2.05, 4.69) is 31.1 Å². The Morgan fingerprint density at radius 2 is 1.86 bits per heavy atom. The molecule has 2 aromatic rings. The molecule has 0 unspecified atom stereocenters. The Morgan fingerprint density at radius 3 is 2.48 bits per heavy atom. The number of fused-ring (bicyclic) bond motifs is 1. The Labute approximate surface area is 124 Å². The van der Waals surface area contributed by atoms with Crippen molar-refractivity contribution in [2.75, 3.05) is 0 Å². The Kier molecular flexibility index (Phi) is 3.53. The van der Waals surface area contributed by atoms with Crippen molar-refractivity contribution in [1.29, 1.82) is 0 Å². The molecule has 1 aromatic carbocycles. The van der Waals surface area contributed by atoms with Gasteiger partial charge >= 0.3 is 5.97 Å². The highest BCUT2D eigenvalue weighted by Crippen LogP contribution is 2.27. The molecule has 0 bridgehead atoms. The molecule has 4 nitrogen and oxygen atoms in total. The maximum atomic E-state index is 11.4. The number of benzene rings is 1. The number of carboxylic acids is 1. The van der Waals surface area contributed by atoms with Gasteiger partial charge in [-0.25, -0.2) is 9.48 Å². The summed E-state index contributed by atoms with van der Waals surface area (Å²) in [6.07, 6.45) is 3.87. The molecule has 1 N–H and O–H groups in total. The molecule has 0 saturated carbocycles. The first-order chi connectivity index (χ1) is 10.1. The smallest absolute Gasteiger partial charge is 0.356 e. The lowest BCUT2D eigenvalue weighted by Gasteiger charge is -2.14. The van der Waals surface area contributed by atoms with Crippen LogP contribution >= 0.6 is 0 Å². The van der Waals surface area contributed by atoms with Crippen LogP contribution in [0.3, 0.4) is 0 Å². The van der Waals surface area contributed by atoms with Gasteiger partial charge in [0.2, 0.25) is 0 Å². The van der Waals surface area contributed by atoms with Crippen molar-refractivity contribution in [3.05, 3.63) is 46.8 Å². The van der Waals surface area contributed by atoms with Crippen LogP contribution in [-0.2, 0) is 12.8 Å². The third-order valence-electron chi connectivity index (χ3n) is 4.19. The van der Waals surface area contributed by atoms with Gasteiger partial charge in [0, 0.05) is 11.3 Å². The summed E-state index contributed by atoms with van der Waals surface area (Å²) in [5, 5.41) is 13.7. The van der Waals surface area contributed by atoms with Gasteiger partial charge in [0.15, 0.2) is 5.69 Å². The van der Waals surface area contributed by atoms with Crippen LogP contribution in [0.4, 0.5) is 0 Å². The lowest BCUT2D eigenvalue weighted by Crippen LogP contribution is -2.08. The summed E-state index contributed by atoms with van der Waals surface area (Å²) in [4.78, 5) is 11.4. The van der Waals surface area contributed by atoms with Gasteiger partial charge < -0.3 is 5.11 Å². The van der Waals surface area contributed by atoms with Crippen molar-refractivity contribution in [3.63, 3.8) is 0 Å². The molecule has 3 rings (SSSR count). The van der Waals surface area contributed by atoms with Gasteiger partial charge in [-0.15, -0.1) is 0 Å². The Bertz CT molecular complexity index is 669. The monoisotopic (exact) mass is 284 g/mol. The molecule has 21 heavy (non-hydrogen) atoms. The second kappa shape index (κ2) is 5.35. The molecule has 0 aliphatic heterocycles. The molecule has 1 aliphatic carbocycles. The molecular formula is C17H20N2O2. The van der Waals surface area contributed by atoms with Gasteiger partial charge in [0.25, 0.3) is 0 Å². The molecule has 1 aliphatic rings. The lowest BCUT2D eigenvalue weighted by molar-refractivity contribution is 0.0688. The van der Waals surface area contributed by atoms with Crippen molar-refractivity contribution >= 4 is 5.97 Å². The Hall–Kier alpha value is -2.10. The summed E-state index contributed by atoms with van der Waals surface area (Å²) in [6.45, 7) is 4.32. The van der Waals surface area contributed by atoms with E-state index in [1.54, 1.807) is 0 Å². The van der Waals surface area contributed by atoms with E-state index in [0.717, 1.165) is 42.6 Å². The van der Waals surface area contributed by atoms with Crippen LogP contribution in [0.15, 0.2) is 24.3 Å². The highest BCUT2D eigenvalue weighted by Gasteiger charge is 2.25. The molecule has 0 spiro atoms. The quantitative estimate of drug-likeness (QED) is 0.937. The van der Waals surface area contributed by atoms with E-state index in [1.165, 1.54) is 5.56 Å². The predicted octanol–water partition coefficient (Wildman–Crippen LogP) is 3.57. The number of nitrogens with zero attached hydrogens (tertiary/aromatic N) is 2. The van der Waals surface area contributed by atoms with Crippen molar-refractivity contribution in [1.82, 2.24) is 9.78 Å². The molecule has 0 fully saturated rings. The van der Waals surface area contributed by atoms with E-state index in [1.807, 2.05) is 16.8 Å². The van der Waals surface area contributed by atoms with Crippen molar-refractivity contribution in [3.8, 4) is 5.69 Å². The molecule has 110 valence electrons. The van der Waals surface area contributed by atoms with Crippen molar-refractivity contribution < 1.29 is 9.90 Å². The SMILES string of the molecule is CC(C)c1ccc(-n2nc(C(=O)O)c3c2CCCC3)cc1. The van der Waals surface area contributed by atoms with Crippen molar-refractivity contribution in [2.45, 2.75) is 45.4 Å². The first kappa shape index (κ1) is 13.9. The van der Waals surface area contributed by atoms with Crippen LogP contribution in [0, 0.1) is 0 Å². The van der Waals surface area contributed by atoms with E-state index in [9.17, 15) is 9.90 Å². The average Bonchev–Trinajstić information content (AvgIpc) is 2.87. The summed E-state index contributed by atoms with van der Waals surface area (Å²) in [5.74, 6) is -0.439. The summed E-state index contributed by atoms with van der Waals surface area (Å²) in [5.41, 5.74) is 4.43. The normalized spacial score (nSPS) is 14.2. The van der Waals surface area contributed by atoms with E-state index < -0.39 is 5.97 Å². The lowest BCUT2D eigenvalue weighted by atomic mass is 9.95. The van der Waals surface area contributed by atoms with Crippen LogP contribution in [0.25, 0.3) is 5.69 Å². The van der Waals surface area contributed by atoms with Crippen LogP contribution in [0.1, 0.15) is 59.9 Å². The fourth-order valence-corrected chi connectivity index (χ4v) is 2.98. The number of hydrogen-bond donors (Lipinski definition) is 1. The third-order valence-corrected chi connectivity index (χ3v) is 4.19. The number of carboxylic acid groups (broad SMARTS) is 1. The number of aromatic carboxylic acids is 1. The van der Waals surface area contributed by atoms with Crippen LogP contribution in [0.2, 0.25) is 0 Å². The molecule has 4 heteroatoms. The standard InChI is InChI=1S/C17H20N2O2/c1-11(2)12-7-9-13(10-8-12)19-15-6-4-3-5-14(15)16(18-19)17(20)21/h7-11H,3-6H2,1-2H3,(H,20,21). The predicted molar refractivity (Wildman–Crippen MR) is 81.3 cm³/mol. The highest BCUT2D eigenvalue weighted by atomic mass is 16.4. The van der Waals surface area contributed by atoms with E-state index >= 15 is 0 Å². The zero-order valence-electron chi connectivity index (χ0n) is 12.5. The van der Waals surface area contributed by atoms with Gasteiger partial charge in [0.05, 0.1) is 5.69 Å². The fraction of sp³-hybridized carbons (Fsp3) is 0.412. The van der Waals surface area contributed by atoms with Crippen LogP contribution in [-0.4, -0.2) is 20.9 Å². The summed E-state index contributed by atoms with van der Waals surface area (Å²) >= 11 is 0. The first-order valence-corrected chi connectivity index (χ1v) is 7.52. The van der Waals surface area contributed by atoms with Crippen molar-refractivity contribution in [2.24, 2.45) is 0 Å². The number of rotatable bonds is 3.